The molecule has 0 bridgehead atoms. The Labute approximate surface area is 303 Å². The molecule has 1 heterocycles. The van der Waals surface area contributed by atoms with Gasteiger partial charge in [0.05, 0.1) is 42.0 Å². The van der Waals surface area contributed by atoms with Gasteiger partial charge < -0.3 is 30.5 Å². The van der Waals surface area contributed by atoms with Crippen molar-refractivity contribution >= 4 is 33.3 Å². The zero-order valence-electron chi connectivity index (χ0n) is 29.2. The molecule has 1 saturated carbocycles. The van der Waals surface area contributed by atoms with Gasteiger partial charge in [-0.05, 0) is 48.4 Å². The number of ether oxygens (including phenoxy) is 1. The molecule has 278 valence electrons. The molecule has 16 heteroatoms. The average Bonchev–Trinajstić information content (AvgIpc) is 3.78. The lowest BCUT2D eigenvalue weighted by Crippen LogP contribution is -2.59. The molecule has 0 unspecified atom stereocenters. The standard InChI is InChI=1S/C35H48N6O8S2/c1-23(42)33(40-35(45)41(2)20-28-22-50-32(38-28)21-49-3)34(44)39-29(17-25-9-5-4-6-10-25)30(43)19-37-51(47,48)31-14-13-26(18-36-46)16-27(31)15-24-11-7-8-12-24/h4-6,9-10,13-14,16,22-24,29-30,33,37,42-43H,7-8,11-12,15,17-21H2,1-3H3,(H,39,44)(H,40,45)/t23-,29+,30-,33+/m1/s1. The highest BCUT2D eigenvalue weighted by molar-refractivity contribution is 7.89. The molecule has 14 nitrogen and oxygen atoms in total. The van der Waals surface area contributed by atoms with Crippen LogP contribution in [0.15, 0.2) is 64.0 Å². The van der Waals surface area contributed by atoms with Gasteiger partial charge in [-0.1, -0.05) is 73.3 Å². The van der Waals surface area contributed by atoms with Gasteiger partial charge in [-0.3, -0.25) is 4.79 Å². The Kier molecular flexibility index (Phi) is 15.0. The number of nitrogens with one attached hydrogen (secondary N) is 3. The summed E-state index contributed by atoms with van der Waals surface area (Å²) in [6.45, 7) is 1.34. The fourth-order valence-corrected chi connectivity index (χ4v) is 8.20. The number of hydrogen-bond acceptors (Lipinski definition) is 11. The van der Waals surface area contributed by atoms with Gasteiger partial charge in [0, 0.05) is 26.1 Å². The number of aliphatic hydroxyl groups is 2. The van der Waals surface area contributed by atoms with Gasteiger partial charge in [-0.2, -0.15) is 4.91 Å². The highest BCUT2D eigenvalue weighted by Gasteiger charge is 2.32. The number of aliphatic hydroxyl groups excluding tert-OH is 2. The third-order valence-electron chi connectivity index (χ3n) is 8.87. The van der Waals surface area contributed by atoms with Crippen LogP contribution in [0, 0.1) is 10.8 Å². The van der Waals surface area contributed by atoms with Gasteiger partial charge in [-0.15, -0.1) is 11.3 Å². The molecule has 0 radical (unpaired) electrons. The molecule has 0 aliphatic heterocycles. The van der Waals surface area contributed by atoms with Crippen LogP contribution in [0.5, 0.6) is 0 Å². The number of methoxy groups -OCH3 is 1. The van der Waals surface area contributed by atoms with E-state index in [4.69, 9.17) is 4.74 Å². The summed E-state index contributed by atoms with van der Waals surface area (Å²) in [5, 5.41) is 32.7. The van der Waals surface area contributed by atoms with Crippen LogP contribution in [0.25, 0.3) is 0 Å². The predicted octanol–water partition coefficient (Wildman–Crippen LogP) is 3.25. The molecule has 51 heavy (non-hydrogen) atoms. The van der Waals surface area contributed by atoms with Crippen LogP contribution in [0.1, 0.15) is 60.0 Å². The van der Waals surface area contributed by atoms with E-state index in [0.717, 1.165) is 36.3 Å². The fraction of sp³-hybridized carbons (Fsp3) is 0.514. The highest BCUT2D eigenvalue weighted by atomic mass is 32.2. The van der Waals surface area contributed by atoms with Crippen molar-refractivity contribution in [3.63, 3.8) is 0 Å². The maximum atomic E-state index is 13.7. The Morgan fingerprint density at radius 1 is 1.10 bits per heavy atom. The van der Waals surface area contributed by atoms with Gasteiger partial charge >= 0.3 is 6.03 Å². The Bertz CT molecular complexity index is 1700. The van der Waals surface area contributed by atoms with Crippen molar-refractivity contribution < 1.29 is 33.0 Å². The number of benzene rings is 2. The first-order valence-electron chi connectivity index (χ1n) is 16.9. The first-order chi connectivity index (χ1) is 24.4. The van der Waals surface area contributed by atoms with E-state index >= 15 is 0 Å². The molecule has 4 rings (SSSR count). The SMILES string of the molecule is COCc1nc(CN(C)C(=O)N[C@H](C(=O)N[C@@H](Cc2ccccc2)[C@H](O)CNS(=O)(=O)c2ccc(CN=O)cc2CC2CCCC2)[C@@H](C)O)cs1. The molecule has 3 aromatic rings. The molecule has 1 aromatic heterocycles. The number of carbonyl (C=O) groups is 2. The second-order valence-corrected chi connectivity index (χ2v) is 15.7. The van der Waals surface area contributed by atoms with Gasteiger partial charge in [-0.25, -0.2) is 22.9 Å². The minimum Gasteiger partial charge on any atom is -0.391 e. The maximum Gasteiger partial charge on any atom is 0.318 e. The molecule has 1 aliphatic carbocycles. The summed E-state index contributed by atoms with van der Waals surface area (Å²) in [4.78, 5) is 43.4. The Morgan fingerprint density at radius 3 is 2.49 bits per heavy atom. The lowest BCUT2D eigenvalue weighted by molar-refractivity contribution is -0.126. The number of thiazole rings is 1. The summed E-state index contributed by atoms with van der Waals surface area (Å²) < 4.78 is 34.9. The molecule has 3 amide bonds. The fourth-order valence-electron chi connectivity index (χ4n) is 6.17. The van der Waals surface area contributed by atoms with Crippen LogP contribution >= 0.6 is 11.3 Å². The Morgan fingerprint density at radius 2 is 1.82 bits per heavy atom. The van der Waals surface area contributed by atoms with E-state index in [0.29, 0.717) is 35.8 Å². The van der Waals surface area contributed by atoms with Crippen LogP contribution in [0.2, 0.25) is 0 Å². The number of urea groups is 1. The van der Waals surface area contributed by atoms with E-state index < -0.39 is 52.8 Å². The molecular weight excluding hydrogens is 697 g/mol. The molecular formula is C35H48N6O8S2. The van der Waals surface area contributed by atoms with E-state index in [1.165, 1.54) is 36.3 Å². The van der Waals surface area contributed by atoms with Crippen molar-refractivity contribution in [1.82, 2.24) is 25.2 Å². The van der Waals surface area contributed by atoms with Crippen molar-refractivity contribution in [2.24, 2.45) is 11.1 Å². The smallest absolute Gasteiger partial charge is 0.318 e. The summed E-state index contributed by atoms with van der Waals surface area (Å²) in [6.07, 6.45) is 2.12. The van der Waals surface area contributed by atoms with Gasteiger partial charge in [0.15, 0.2) is 0 Å². The minimum absolute atomic E-state index is 0.0634. The zero-order chi connectivity index (χ0) is 37.0. The predicted molar refractivity (Wildman–Crippen MR) is 193 cm³/mol. The van der Waals surface area contributed by atoms with Crippen molar-refractivity contribution in [2.75, 3.05) is 20.7 Å². The number of sulfonamides is 1. The van der Waals surface area contributed by atoms with Gasteiger partial charge in [0.2, 0.25) is 15.9 Å². The van der Waals surface area contributed by atoms with Crippen molar-refractivity contribution in [3.05, 3.63) is 86.2 Å². The van der Waals surface area contributed by atoms with E-state index in [2.05, 4.69) is 25.5 Å². The Hall–Kier alpha value is -3.80. The first-order valence-corrected chi connectivity index (χ1v) is 19.3. The number of amides is 3. The number of nitrogens with zero attached hydrogens (tertiary/aromatic N) is 3. The molecule has 0 spiro atoms. The van der Waals surface area contributed by atoms with Crippen LogP contribution in [-0.2, 0) is 52.1 Å². The number of aromatic nitrogens is 1. The van der Waals surface area contributed by atoms with Crippen molar-refractivity contribution in [3.8, 4) is 0 Å². The lowest BCUT2D eigenvalue weighted by atomic mass is 9.97. The number of hydrogen-bond donors (Lipinski definition) is 5. The molecule has 2 aromatic carbocycles. The third kappa shape index (κ3) is 11.9. The van der Waals surface area contributed by atoms with E-state index in [1.807, 2.05) is 6.07 Å². The number of carbonyl (C=O) groups excluding carboxylic acids is 2. The average molecular weight is 745 g/mol. The first kappa shape index (κ1) is 40.0. The largest absolute Gasteiger partial charge is 0.391 e. The van der Waals surface area contributed by atoms with E-state index in [-0.39, 0.29) is 24.4 Å². The topological polar surface area (TPSA) is 200 Å². The van der Waals surface area contributed by atoms with Crippen molar-refractivity contribution in [2.45, 2.75) is 94.3 Å². The maximum absolute atomic E-state index is 13.7. The van der Waals surface area contributed by atoms with Crippen LogP contribution < -0.4 is 15.4 Å². The normalized spacial score (nSPS) is 15.9. The molecule has 0 saturated heterocycles. The summed E-state index contributed by atoms with van der Waals surface area (Å²) >= 11 is 1.40. The lowest BCUT2D eigenvalue weighted by Gasteiger charge is -2.29. The molecule has 1 aliphatic rings. The summed E-state index contributed by atoms with van der Waals surface area (Å²) in [7, 11) is -1.03. The second kappa shape index (κ2) is 19.2. The summed E-state index contributed by atoms with van der Waals surface area (Å²) in [5.74, 6) is -0.429. The monoisotopic (exact) mass is 744 g/mol. The number of rotatable bonds is 19. The molecule has 4 atom stereocenters. The van der Waals surface area contributed by atoms with Crippen LogP contribution in [-0.4, -0.2) is 85.4 Å². The third-order valence-corrected chi connectivity index (χ3v) is 11.3. The quantitative estimate of drug-likeness (QED) is 0.114. The summed E-state index contributed by atoms with van der Waals surface area (Å²) in [6, 6.07) is 10.7. The highest BCUT2D eigenvalue weighted by Crippen LogP contribution is 2.31. The van der Waals surface area contributed by atoms with Crippen LogP contribution in [0.4, 0.5) is 4.79 Å². The van der Waals surface area contributed by atoms with Crippen molar-refractivity contribution in [1.29, 1.82) is 0 Å². The second-order valence-electron chi connectivity index (χ2n) is 13.0. The summed E-state index contributed by atoms with van der Waals surface area (Å²) in [5.41, 5.74) is 2.60. The van der Waals surface area contributed by atoms with E-state index in [1.54, 1.807) is 48.9 Å². The van der Waals surface area contributed by atoms with Gasteiger partial charge in [0.1, 0.15) is 17.6 Å². The Balaban J connectivity index is 1.47. The molecule has 1 fully saturated rings. The van der Waals surface area contributed by atoms with Gasteiger partial charge in [0.25, 0.3) is 0 Å². The molecule has 5 N–H and O–H groups in total. The van der Waals surface area contributed by atoms with Crippen LogP contribution in [0.3, 0.4) is 0 Å². The van der Waals surface area contributed by atoms with E-state index in [9.17, 15) is 33.1 Å². The minimum atomic E-state index is -4.12. The zero-order valence-corrected chi connectivity index (χ0v) is 30.8. The number of nitroso groups, excluding NO2 is 1.